The van der Waals surface area contributed by atoms with Gasteiger partial charge in [0.25, 0.3) is 0 Å². The number of carbonyl (C=O) groups is 1. The Morgan fingerprint density at radius 2 is 1.94 bits per heavy atom. The molecule has 0 saturated heterocycles. The van der Waals surface area contributed by atoms with E-state index in [2.05, 4.69) is 56.5 Å². The Balaban J connectivity index is 2.81. The minimum absolute atomic E-state index is 0.000949. The minimum Gasteiger partial charge on any atom is -0.413 e. The molecule has 0 N–H and O–H groups in total. The number of Topliss-reactive ketones (excluding diaryl/α,β-unsaturated/α-hetero) is 1. The van der Waals surface area contributed by atoms with Gasteiger partial charge in [-0.25, -0.2) is 0 Å². The van der Waals surface area contributed by atoms with E-state index in [1.54, 1.807) is 0 Å². The maximum Gasteiger partial charge on any atom is 0.192 e. The fraction of sp³-hybridized carbons (Fsp3) is 0.769. The van der Waals surface area contributed by atoms with E-state index in [0.29, 0.717) is 0 Å². The van der Waals surface area contributed by atoms with Crippen molar-refractivity contribution in [2.45, 2.75) is 58.4 Å². The third-order valence-corrected chi connectivity index (χ3v) is 9.46. The van der Waals surface area contributed by atoms with Crippen molar-refractivity contribution in [1.82, 2.24) is 0 Å². The number of halogens is 1. The van der Waals surface area contributed by atoms with Crippen LogP contribution < -0.4 is 0 Å². The number of allylic oxidation sites excluding steroid dienone is 1. The molecule has 1 aliphatic carbocycles. The first-order valence-corrected chi connectivity index (χ1v) is 10.1. The van der Waals surface area contributed by atoms with Crippen molar-refractivity contribution >= 4 is 36.7 Å². The summed E-state index contributed by atoms with van der Waals surface area (Å²) in [6.07, 6.45) is 2.96. The van der Waals surface area contributed by atoms with Crippen LogP contribution in [-0.2, 0) is 9.22 Å². The number of hydrogen-bond donors (Lipinski definition) is 0. The molecule has 2 atom stereocenters. The quantitative estimate of drug-likeness (QED) is 0.538. The predicted octanol–water partition coefficient (Wildman–Crippen LogP) is 4.30. The molecule has 0 bridgehead atoms. The van der Waals surface area contributed by atoms with E-state index in [-0.39, 0.29) is 22.8 Å². The monoisotopic (exact) mass is 366 g/mol. The topological polar surface area (TPSA) is 26.3 Å². The van der Waals surface area contributed by atoms with Crippen LogP contribution in [-0.4, -0.2) is 20.2 Å². The Morgan fingerprint density at radius 3 is 2.41 bits per heavy atom. The summed E-state index contributed by atoms with van der Waals surface area (Å²) in [6, 6.07) is 0. The molecule has 4 heteroatoms. The van der Waals surface area contributed by atoms with E-state index < -0.39 is 8.32 Å². The average molecular weight is 366 g/mol. The fourth-order valence-electron chi connectivity index (χ4n) is 1.62. The molecule has 1 rings (SSSR count). The third kappa shape index (κ3) is 3.41. The van der Waals surface area contributed by atoms with Gasteiger partial charge in [0, 0.05) is 5.92 Å². The van der Waals surface area contributed by atoms with E-state index in [1.165, 1.54) is 0 Å². The Bertz CT molecular complexity index is 342. The van der Waals surface area contributed by atoms with Crippen molar-refractivity contribution in [3.05, 3.63) is 9.66 Å². The van der Waals surface area contributed by atoms with Crippen molar-refractivity contribution in [2.75, 3.05) is 0 Å². The van der Waals surface area contributed by atoms with Crippen LogP contribution in [0.3, 0.4) is 0 Å². The zero-order valence-corrected chi connectivity index (χ0v) is 14.8. The molecule has 0 aromatic rings. The molecule has 0 aliphatic heterocycles. The Kier molecular flexibility index (Phi) is 4.64. The third-order valence-electron chi connectivity index (χ3n) is 3.99. The second kappa shape index (κ2) is 5.13. The van der Waals surface area contributed by atoms with Crippen LogP contribution in [0, 0.1) is 5.92 Å². The van der Waals surface area contributed by atoms with Gasteiger partial charge in [0.2, 0.25) is 0 Å². The molecule has 0 aromatic heterocycles. The van der Waals surface area contributed by atoms with E-state index in [4.69, 9.17) is 4.43 Å². The van der Waals surface area contributed by atoms with Gasteiger partial charge < -0.3 is 4.43 Å². The standard InChI is InChI=1S/C13H23IO2Si/c1-9-11(8-7-10(14)12(9)15)16-17(5,6)13(2,3)4/h7,9,11H,8H2,1-6H3/t9-,11-/m1/s1. The highest BCUT2D eigenvalue weighted by atomic mass is 127. The SMILES string of the molecule is C[C@H]1C(=O)C(I)=CC[C@H]1O[Si](C)(C)C(C)(C)C. The highest BCUT2D eigenvalue weighted by Crippen LogP contribution is 2.39. The van der Waals surface area contributed by atoms with Gasteiger partial charge in [-0.15, -0.1) is 0 Å². The lowest BCUT2D eigenvalue weighted by molar-refractivity contribution is -0.121. The molecule has 2 nitrogen and oxygen atoms in total. The molecule has 98 valence electrons. The maximum absolute atomic E-state index is 11.9. The van der Waals surface area contributed by atoms with Crippen LogP contribution in [0.5, 0.6) is 0 Å². The smallest absolute Gasteiger partial charge is 0.192 e. The highest BCUT2D eigenvalue weighted by Gasteiger charge is 2.41. The molecule has 0 unspecified atom stereocenters. The summed E-state index contributed by atoms with van der Waals surface area (Å²) in [7, 11) is -1.77. The summed E-state index contributed by atoms with van der Waals surface area (Å²) in [4.78, 5) is 11.9. The molecule has 17 heavy (non-hydrogen) atoms. The summed E-state index contributed by atoms with van der Waals surface area (Å²) < 4.78 is 7.21. The van der Waals surface area contributed by atoms with Crippen molar-refractivity contribution in [2.24, 2.45) is 5.92 Å². The molecule has 0 radical (unpaired) electrons. The minimum atomic E-state index is -1.77. The first-order chi connectivity index (χ1) is 7.56. The first kappa shape index (κ1) is 15.4. The van der Waals surface area contributed by atoms with E-state index >= 15 is 0 Å². The van der Waals surface area contributed by atoms with E-state index in [9.17, 15) is 4.79 Å². The number of rotatable bonds is 2. The van der Waals surface area contributed by atoms with Crippen molar-refractivity contribution < 1.29 is 9.22 Å². The van der Waals surface area contributed by atoms with Crippen molar-refractivity contribution in [3.63, 3.8) is 0 Å². The molecular weight excluding hydrogens is 343 g/mol. The summed E-state index contributed by atoms with van der Waals surface area (Å²) in [5.41, 5.74) is 0. The van der Waals surface area contributed by atoms with Gasteiger partial charge in [-0.2, -0.15) is 0 Å². The Hall–Kier alpha value is 0.317. The van der Waals surface area contributed by atoms with Gasteiger partial charge in [-0.05, 0) is 47.1 Å². The van der Waals surface area contributed by atoms with Gasteiger partial charge in [-0.1, -0.05) is 33.8 Å². The van der Waals surface area contributed by atoms with E-state index in [1.807, 2.05) is 13.0 Å². The average Bonchev–Trinajstić information content (AvgIpc) is 2.17. The second-order valence-electron chi connectivity index (χ2n) is 6.36. The number of hydrogen-bond acceptors (Lipinski definition) is 2. The van der Waals surface area contributed by atoms with Crippen LogP contribution in [0.1, 0.15) is 34.1 Å². The molecule has 0 amide bonds. The molecule has 0 fully saturated rings. The number of ketones is 1. The van der Waals surface area contributed by atoms with E-state index in [0.717, 1.165) is 10.0 Å². The van der Waals surface area contributed by atoms with Gasteiger partial charge in [0.1, 0.15) is 0 Å². The first-order valence-electron chi connectivity index (χ1n) is 6.14. The van der Waals surface area contributed by atoms with Gasteiger partial charge in [0.15, 0.2) is 14.1 Å². The molecule has 0 aromatic carbocycles. The van der Waals surface area contributed by atoms with Crippen LogP contribution in [0.25, 0.3) is 0 Å². The molecule has 0 heterocycles. The fourth-order valence-corrected chi connectivity index (χ4v) is 3.77. The van der Waals surface area contributed by atoms with Gasteiger partial charge in [0.05, 0.1) is 9.68 Å². The normalized spacial score (nSPS) is 27.0. The zero-order valence-electron chi connectivity index (χ0n) is 11.6. The zero-order chi connectivity index (χ0) is 13.4. The molecule has 1 aliphatic rings. The summed E-state index contributed by atoms with van der Waals surface area (Å²) in [5.74, 6) is 0.238. The van der Waals surface area contributed by atoms with Crippen molar-refractivity contribution in [1.29, 1.82) is 0 Å². The Labute approximate surface area is 119 Å². The van der Waals surface area contributed by atoms with Crippen LogP contribution in [0.2, 0.25) is 18.1 Å². The van der Waals surface area contributed by atoms with Crippen molar-refractivity contribution in [3.8, 4) is 0 Å². The van der Waals surface area contributed by atoms with Gasteiger partial charge >= 0.3 is 0 Å². The van der Waals surface area contributed by atoms with Crippen LogP contribution in [0.4, 0.5) is 0 Å². The predicted molar refractivity (Wildman–Crippen MR) is 83.0 cm³/mol. The molecule has 0 spiro atoms. The summed E-state index contributed by atoms with van der Waals surface area (Å²) in [5, 5.41) is 0.198. The lowest BCUT2D eigenvalue weighted by Gasteiger charge is -2.41. The summed E-state index contributed by atoms with van der Waals surface area (Å²) >= 11 is 2.13. The lowest BCUT2D eigenvalue weighted by atomic mass is 9.92. The molecule has 0 saturated carbocycles. The maximum atomic E-state index is 11.9. The highest BCUT2D eigenvalue weighted by molar-refractivity contribution is 14.1. The summed E-state index contributed by atoms with van der Waals surface area (Å²) in [6.45, 7) is 13.2. The van der Waals surface area contributed by atoms with Gasteiger partial charge in [-0.3, -0.25) is 4.79 Å². The Morgan fingerprint density at radius 1 is 1.41 bits per heavy atom. The lowest BCUT2D eigenvalue weighted by Crippen LogP contribution is -2.47. The largest absolute Gasteiger partial charge is 0.413 e. The molecular formula is C13H23IO2Si. The van der Waals surface area contributed by atoms with Crippen LogP contribution >= 0.6 is 22.6 Å². The number of carbonyl (C=O) groups excluding carboxylic acids is 1. The van der Waals surface area contributed by atoms with Crippen LogP contribution in [0.15, 0.2) is 9.66 Å². The second-order valence-corrected chi connectivity index (χ2v) is 12.3.